The van der Waals surface area contributed by atoms with E-state index in [2.05, 4.69) is 0 Å². The van der Waals surface area contributed by atoms with Crippen LogP contribution in [0.4, 0.5) is 0 Å². The zero-order valence-electron chi connectivity index (χ0n) is 22.9. The minimum Gasteiger partial charge on any atom is -0.465 e. The first kappa shape index (κ1) is 28.4. The summed E-state index contributed by atoms with van der Waals surface area (Å²) < 4.78 is 30.2. The van der Waals surface area contributed by atoms with Crippen LogP contribution in [0.15, 0.2) is 36.0 Å². The molecule has 2 bridgehead atoms. The summed E-state index contributed by atoms with van der Waals surface area (Å²) in [6, 6.07) is 0. The molecular formula is C29H40O10. The van der Waals surface area contributed by atoms with E-state index in [1.54, 1.807) is 26.0 Å². The van der Waals surface area contributed by atoms with Crippen molar-refractivity contribution in [3.63, 3.8) is 0 Å². The lowest BCUT2D eigenvalue weighted by Crippen LogP contribution is -2.68. The minimum atomic E-state index is -0.969. The molecule has 39 heavy (non-hydrogen) atoms. The zero-order valence-corrected chi connectivity index (χ0v) is 22.9. The molecule has 2 spiro atoms. The molecule has 3 heterocycles. The van der Waals surface area contributed by atoms with Gasteiger partial charge in [-0.25, -0.2) is 4.79 Å². The van der Waals surface area contributed by atoms with Gasteiger partial charge in [-0.3, -0.25) is 4.79 Å². The molecule has 5 aliphatic rings. The standard InChI is InChI=1S/C29H40O10/c1-16-9-23-28(12-19(16)31)14-36-26(34)10-17(2)20(32)13-35-21(18(3)30)7-5-6-8-25(33)39-22-11-24(38-23)29(15-37-29)27(22,28)4/h5-9,17-24,30-32H,10-15H2,1-4H3/b7-5-,8-6-. The number of aliphatic hydroxyl groups excluding tert-OH is 3. The van der Waals surface area contributed by atoms with Gasteiger partial charge in [-0.15, -0.1) is 0 Å². The van der Waals surface area contributed by atoms with E-state index in [9.17, 15) is 24.9 Å². The Morgan fingerprint density at radius 3 is 2.56 bits per heavy atom. The van der Waals surface area contributed by atoms with Crippen molar-refractivity contribution in [2.45, 2.75) is 95.3 Å². The van der Waals surface area contributed by atoms with Crippen LogP contribution in [0.2, 0.25) is 0 Å². The maximum Gasteiger partial charge on any atom is 0.331 e. The third-order valence-corrected chi connectivity index (χ3v) is 9.79. The number of cyclic esters (lactones) is 1. The fraction of sp³-hybridized carbons (Fsp3) is 0.724. The lowest BCUT2D eigenvalue weighted by molar-refractivity contribution is -0.239. The molecule has 216 valence electrons. The quantitative estimate of drug-likeness (QED) is 0.250. The van der Waals surface area contributed by atoms with Crippen LogP contribution in [0.1, 0.15) is 47.0 Å². The molecule has 3 N–H and O–H groups in total. The number of hydrogen-bond acceptors (Lipinski definition) is 10. The number of rotatable bonds is 1. The maximum atomic E-state index is 13.1. The van der Waals surface area contributed by atoms with Gasteiger partial charge >= 0.3 is 11.9 Å². The van der Waals surface area contributed by atoms with Crippen molar-refractivity contribution in [2.24, 2.45) is 16.7 Å². The highest BCUT2D eigenvalue weighted by atomic mass is 16.6. The molecule has 11 unspecified atom stereocenters. The average molecular weight is 549 g/mol. The summed E-state index contributed by atoms with van der Waals surface area (Å²) in [5.74, 6) is -1.53. The summed E-state index contributed by atoms with van der Waals surface area (Å²) in [7, 11) is 0. The number of allylic oxidation sites excluding steroid dienone is 2. The molecule has 2 aliphatic carbocycles. The van der Waals surface area contributed by atoms with E-state index in [1.165, 1.54) is 12.2 Å². The van der Waals surface area contributed by atoms with Gasteiger partial charge in [-0.05, 0) is 31.8 Å². The van der Waals surface area contributed by atoms with Crippen molar-refractivity contribution in [2.75, 3.05) is 19.8 Å². The Hall–Kier alpha value is -2.08. The van der Waals surface area contributed by atoms with Gasteiger partial charge in [0.15, 0.2) is 0 Å². The smallest absolute Gasteiger partial charge is 0.331 e. The monoisotopic (exact) mass is 548 g/mol. The minimum absolute atomic E-state index is 0.0547. The number of aliphatic hydroxyl groups is 3. The van der Waals surface area contributed by atoms with Gasteiger partial charge < -0.3 is 39.0 Å². The molecule has 1 saturated carbocycles. The van der Waals surface area contributed by atoms with Crippen LogP contribution in [-0.2, 0) is 33.3 Å². The van der Waals surface area contributed by atoms with Gasteiger partial charge in [0.25, 0.3) is 0 Å². The Bertz CT molecular complexity index is 1060. The Kier molecular flexibility index (Phi) is 7.58. The number of esters is 2. The second kappa shape index (κ2) is 10.4. The number of carbonyl (C=O) groups excluding carboxylic acids is 2. The molecule has 0 aromatic rings. The lowest BCUT2D eigenvalue weighted by Gasteiger charge is -2.58. The van der Waals surface area contributed by atoms with Crippen molar-refractivity contribution >= 4 is 11.9 Å². The molecule has 0 amide bonds. The molecule has 2 saturated heterocycles. The van der Waals surface area contributed by atoms with E-state index in [1.807, 2.05) is 19.9 Å². The predicted molar refractivity (Wildman–Crippen MR) is 137 cm³/mol. The van der Waals surface area contributed by atoms with E-state index in [-0.39, 0.29) is 32.2 Å². The summed E-state index contributed by atoms with van der Waals surface area (Å²) in [4.78, 5) is 26.0. The summed E-state index contributed by atoms with van der Waals surface area (Å²) in [6.07, 6.45) is 3.77. The molecule has 0 radical (unpaired) electrons. The number of carbonyl (C=O) groups is 2. The predicted octanol–water partition coefficient (Wildman–Crippen LogP) is 1.36. The fourth-order valence-corrected chi connectivity index (χ4v) is 7.02. The van der Waals surface area contributed by atoms with Crippen LogP contribution in [0.25, 0.3) is 0 Å². The first-order chi connectivity index (χ1) is 18.4. The average Bonchev–Trinajstić information content (AvgIpc) is 3.65. The van der Waals surface area contributed by atoms with Crippen molar-refractivity contribution in [3.05, 3.63) is 36.0 Å². The van der Waals surface area contributed by atoms with Crippen molar-refractivity contribution in [1.29, 1.82) is 0 Å². The Labute approximate surface area is 228 Å². The zero-order chi connectivity index (χ0) is 28.2. The first-order valence-corrected chi connectivity index (χ1v) is 13.8. The topological polar surface area (TPSA) is 144 Å². The van der Waals surface area contributed by atoms with E-state index in [0.717, 1.165) is 5.57 Å². The third-order valence-electron chi connectivity index (χ3n) is 9.79. The molecule has 3 aliphatic heterocycles. The molecule has 10 nitrogen and oxygen atoms in total. The van der Waals surface area contributed by atoms with Gasteiger partial charge in [0, 0.05) is 17.9 Å². The third kappa shape index (κ3) is 4.69. The molecule has 0 aromatic heterocycles. The molecule has 0 aromatic carbocycles. The van der Waals surface area contributed by atoms with E-state index in [4.69, 9.17) is 23.7 Å². The maximum absolute atomic E-state index is 13.1. The van der Waals surface area contributed by atoms with E-state index < -0.39 is 70.9 Å². The Morgan fingerprint density at radius 2 is 1.87 bits per heavy atom. The summed E-state index contributed by atoms with van der Waals surface area (Å²) in [5, 5.41) is 31.7. The van der Waals surface area contributed by atoms with Crippen LogP contribution in [0, 0.1) is 16.7 Å². The van der Waals surface area contributed by atoms with Crippen molar-refractivity contribution in [1.82, 2.24) is 0 Å². The number of hydrogen-bond donors (Lipinski definition) is 3. The van der Waals surface area contributed by atoms with Crippen LogP contribution < -0.4 is 0 Å². The van der Waals surface area contributed by atoms with Gasteiger partial charge in [0.05, 0.1) is 55.6 Å². The van der Waals surface area contributed by atoms with E-state index in [0.29, 0.717) is 13.0 Å². The molecule has 5 rings (SSSR count). The highest BCUT2D eigenvalue weighted by Crippen LogP contribution is 2.72. The Morgan fingerprint density at radius 1 is 1.13 bits per heavy atom. The van der Waals surface area contributed by atoms with Gasteiger partial charge in [-0.1, -0.05) is 38.2 Å². The highest BCUT2D eigenvalue weighted by Gasteiger charge is 2.83. The second-order valence-corrected chi connectivity index (χ2v) is 12.1. The van der Waals surface area contributed by atoms with Crippen LogP contribution in [0.3, 0.4) is 0 Å². The first-order valence-electron chi connectivity index (χ1n) is 13.8. The summed E-state index contributed by atoms with van der Waals surface area (Å²) in [5.41, 5.74) is -1.66. The van der Waals surface area contributed by atoms with Crippen LogP contribution in [-0.4, -0.2) is 95.4 Å². The largest absolute Gasteiger partial charge is 0.465 e. The van der Waals surface area contributed by atoms with Gasteiger partial charge in [-0.2, -0.15) is 0 Å². The summed E-state index contributed by atoms with van der Waals surface area (Å²) in [6.45, 7) is 7.40. The van der Waals surface area contributed by atoms with Crippen LogP contribution in [0.5, 0.6) is 0 Å². The SMILES string of the molecule is CC1=CC2OC3CC4OC(=O)/C=C\C=C/C(C(C)O)OCC(O)C(C)CC(=O)OCC2(CC1O)C4(C)C31CO1. The molecular weight excluding hydrogens is 508 g/mol. The normalized spacial score (nSPS) is 49.0. The number of ether oxygens (including phenoxy) is 5. The van der Waals surface area contributed by atoms with Gasteiger partial charge in [0.2, 0.25) is 0 Å². The lowest BCUT2D eigenvalue weighted by atomic mass is 9.51. The van der Waals surface area contributed by atoms with Gasteiger partial charge in [0.1, 0.15) is 24.4 Å². The van der Waals surface area contributed by atoms with Crippen molar-refractivity contribution < 1.29 is 48.6 Å². The van der Waals surface area contributed by atoms with E-state index >= 15 is 0 Å². The van der Waals surface area contributed by atoms with Crippen molar-refractivity contribution in [3.8, 4) is 0 Å². The highest BCUT2D eigenvalue weighted by molar-refractivity contribution is 5.82. The second-order valence-electron chi connectivity index (χ2n) is 12.1. The molecule has 10 heteroatoms. The fourth-order valence-electron chi connectivity index (χ4n) is 7.02. The Balaban J connectivity index is 1.52. The molecule has 11 atom stereocenters. The van der Waals surface area contributed by atoms with Crippen LogP contribution >= 0.6 is 0 Å². The number of epoxide rings is 1. The summed E-state index contributed by atoms with van der Waals surface area (Å²) >= 11 is 0. The molecule has 3 fully saturated rings.